The molecule has 0 N–H and O–H groups in total. The van der Waals surface area contributed by atoms with Gasteiger partial charge in [0.25, 0.3) is 0 Å². The average molecular weight is 557 g/mol. The largest absolute Gasteiger partial charge is 0.129 e. The van der Waals surface area contributed by atoms with Gasteiger partial charge in [-0.2, -0.15) is 0 Å². The van der Waals surface area contributed by atoms with Crippen LogP contribution in [-0.4, -0.2) is 0 Å². The fraction of sp³-hybridized carbons (Fsp3) is 0.683. The molecule has 0 spiro atoms. The van der Waals surface area contributed by atoms with Crippen molar-refractivity contribution in [2.24, 2.45) is 47.3 Å². The molecule has 0 radical (unpaired) electrons. The lowest BCUT2D eigenvalue weighted by Crippen LogP contribution is -2.23. The first-order valence-electron chi connectivity index (χ1n) is 17.5. The molecule has 0 heterocycles. The maximum absolute atomic E-state index is 4.16. The Kier molecular flexibility index (Phi) is 14.3. The second-order valence-corrected chi connectivity index (χ2v) is 14.7. The van der Waals surface area contributed by atoms with Crippen LogP contribution in [0.1, 0.15) is 137 Å². The van der Waals surface area contributed by atoms with Crippen molar-refractivity contribution >= 4 is 0 Å². The Bertz CT molecular complexity index is 976. The van der Waals surface area contributed by atoms with Crippen molar-refractivity contribution in [1.29, 1.82) is 0 Å². The average Bonchev–Trinajstić information content (AvgIpc) is 2.98. The van der Waals surface area contributed by atoms with Crippen molar-refractivity contribution in [2.45, 2.75) is 131 Å². The normalized spacial score (nSPS) is 24.0. The van der Waals surface area contributed by atoms with Gasteiger partial charge >= 0.3 is 0 Å². The molecule has 0 aliphatic heterocycles. The third kappa shape index (κ3) is 10.5. The fourth-order valence-electron chi connectivity index (χ4n) is 7.70. The summed E-state index contributed by atoms with van der Waals surface area (Å²) in [6.07, 6.45) is 23.4. The second-order valence-electron chi connectivity index (χ2n) is 14.7. The lowest BCUT2D eigenvalue weighted by atomic mass is 9.69. The minimum Gasteiger partial charge on any atom is -0.129 e. The summed E-state index contributed by atoms with van der Waals surface area (Å²) >= 11 is 0. The summed E-state index contributed by atoms with van der Waals surface area (Å²) < 4.78 is 0. The molecule has 1 saturated carbocycles. The summed E-state index contributed by atoms with van der Waals surface area (Å²) in [6.45, 7) is 20.9. The van der Waals surface area contributed by atoms with E-state index in [0.717, 1.165) is 41.9 Å². The number of allylic oxidation sites excluding steroid dienone is 5. The van der Waals surface area contributed by atoms with E-state index >= 15 is 0 Å². The second kappa shape index (κ2) is 17.4. The Morgan fingerprint density at radius 2 is 1.61 bits per heavy atom. The SMILES string of the molecule is C=C=C(CC1C=CC(C2CCC(C(CCC(C)C(C)C)c3ccccc3)CC2)=CC1)C(CC(C)CCCC)C(C)C. The molecule has 0 aromatic heterocycles. The Labute approximate surface area is 255 Å². The minimum atomic E-state index is 0.608. The molecule has 3 rings (SSSR count). The van der Waals surface area contributed by atoms with Gasteiger partial charge in [0.15, 0.2) is 0 Å². The molecule has 0 bridgehead atoms. The van der Waals surface area contributed by atoms with Crippen molar-refractivity contribution in [1.82, 2.24) is 0 Å². The minimum absolute atomic E-state index is 0.608. The molecule has 2 aliphatic carbocycles. The Morgan fingerprint density at radius 3 is 2.17 bits per heavy atom. The van der Waals surface area contributed by atoms with Gasteiger partial charge in [0.1, 0.15) is 0 Å². The lowest BCUT2D eigenvalue weighted by molar-refractivity contribution is 0.242. The van der Waals surface area contributed by atoms with Crippen molar-refractivity contribution in [3.8, 4) is 0 Å². The summed E-state index contributed by atoms with van der Waals surface area (Å²) in [5, 5.41) is 0. The van der Waals surface area contributed by atoms with Gasteiger partial charge in [-0.1, -0.05) is 123 Å². The van der Waals surface area contributed by atoms with Crippen LogP contribution < -0.4 is 0 Å². The molecule has 2 aliphatic rings. The van der Waals surface area contributed by atoms with Crippen molar-refractivity contribution in [3.05, 3.63) is 77.6 Å². The third-order valence-electron chi connectivity index (χ3n) is 11.0. The van der Waals surface area contributed by atoms with Crippen LogP contribution in [0, 0.1) is 47.3 Å². The van der Waals surface area contributed by atoms with Crippen LogP contribution in [0.2, 0.25) is 0 Å². The van der Waals surface area contributed by atoms with E-state index in [4.69, 9.17) is 0 Å². The Balaban J connectivity index is 1.55. The molecule has 5 atom stereocenters. The molecule has 0 amide bonds. The lowest BCUT2D eigenvalue weighted by Gasteiger charge is -2.36. The summed E-state index contributed by atoms with van der Waals surface area (Å²) in [7, 11) is 0. The van der Waals surface area contributed by atoms with E-state index in [-0.39, 0.29) is 0 Å². The first kappa shape index (κ1) is 33.7. The van der Waals surface area contributed by atoms with Gasteiger partial charge < -0.3 is 0 Å². The third-order valence-corrected chi connectivity index (χ3v) is 11.0. The smallest absolute Gasteiger partial charge is 0.0101 e. The molecule has 228 valence electrons. The first-order chi connectivity index (χ1) is 19.7. The molecule has 41 heavy (non-hydrogen) atoms. The highest BCUT2D eigenvalue weighted by Crippen LogP contribution is 2.44. The van der Waals surface area contributed by atoms with Gasteiger partial charge in [0.05, 0.1) is 0 Å². The molecular formula is C41H64. The van der Waals surface area contributed by atoms with Crippen LogP contribution in [-0.2, 0) is 0 Å². The van der Waals surface area contributed by atoms with E-state index in [0.29, 0.717) is 17.8 Å². The quantitative estimate of drug-likeness (QED) is 0.178. The molecule has 1 aromatic rings. The van der Waals surface area contributed by atoms with Gasteiger partial charge in [-0.05, 0) is 128 Å². The van der Waals surface area contributed by atoms with Crippen LogP contribution in [0.4, 0.5) is 0 Å². The summed E-state index contributed by atoms with van der Waals surface area (Å²) in [5.74, 6) is 6.57. The zero-order valence-electron chi connectivity index (χ0n) is 28.0. The van der Waals surface area contributed by atoms with Crippen LogP contribution in [0.5, 0.6) is 0 Å². The van der Waals surface area contributed by atoms with E-state index in [9.17, 15) is 0 Å². The molecular weight excluding hydrogens is 492 g/mol. The highest BCUT2D eigenvalue weighted by molar-refractivity contribution is 5.28. The van der Waals surface area contributed by atoms with Gasteiger partial charge in [-0.15, -0.1) is 5.73 Å². The maximum Gasteiger partial charge on any atom is -0.0101 e. The Hall–Kier alpha value is -1.78. The number of hydrogen-bond acceptors (Lipinski definition) is 0. The monoisotopic (exact) mass is 557 g/mol. The molecule has 1 aromatic carbocycles. The topological polar surface area (TPSA) is 0 Å². The van der Waals surface area contributed by atoms with Gasteiger partial charge in [-0.3, -0.25) is 0 Å². The summed E-state index contributed by atoms with van der Waals surface area (Å²) in [4.78, 5) is 0. The van der Waals surface area contributed by atoms with Gasteiger partial charge in [-0.25, -0.2) is 0 Å². The number of benzene rings is 1. The van der Waals surface area contributed by atoms with Gasteiger partial charge in [0, 0.05) is 0 Å². The highest BCUT2D eigenvalue weighted by Gasteiger charge is 2.31. The van der Waals surface area contributed by atoms with Crippen molar-refractivity contribution < 1.29 is 0 Å². The summed E-state index contributed by atoms with van der Waals surface area (Å²) in [5.41, 5.74) is 8.12. The molecule has 5 unspecified atom stereocenters. The fourth-order valence-corrected chi connectivity index (χ4v) is 7.70. The number of rotatable bonds is 16. The maximum atomic E-state index is 4.16. The molecule has 1 fully saturated rings. The predicted octanol–water partition coefficient (Wildman–Crippen LogP) is 12.7. The van der Waals surface area contributed by atoms with Crippen molar-refractivity contribution in [3.63, 3.8) is 0 Å². The molecule has 0 heteroatoms. The highest BCUT2D eigenvalue weighted by atomic mass is 14.4. The van der Waals surface area contributed by atoms with E-state index in [1.807, 2.05) is 0 Å². The van der Waals surface area contributed by atoms with Crippen LogP contribution in [0.3, 0.4) is 0 Å². The summed E-state index contributed by atoms with van der Waals surface area (Å²) in [6, 6.07) is 11.5. The van der Waals surface area contributed by atoms with E-state index < -0.39 is 0 Å². The van der Waals surface area contributed by atoms with Crippen molar-refractivity contribution in [2.75, 3.05) is 0 Å². The van der Waals surface area contributed by atoms with E-state index in [1.165, 1.54) is 76.2 Å². The zero-order chi connectivity index (χ0) is 29.8. The van der Waals surface area contributed by atoms with E-state index in [1.54, 1.807) is 11.1 Å². The number of unbranched alkanes of at least 4 members (excludes halogenated alkanes) is 1. The molecule has 0 saturated heterocycles. The van der Waals surface area contributed by atoms with Crippen LogP contribution in [0.15, 0.2) is 72.0 Å². The van der Waals surface area contributed by atoms with E-state index in [2.05, 4.69) is 109 Å². The number of hydrogen-bond donors (Lipinski definition) is 0. The first-order valence-corrected chi connectivity index (χ1v) is 17.5. The van der Waals surface area contributed by atoms with Crippen LogP contribution >= 0.6 is 0 Å². The van der Waals surface area contributed by atoms with Crippen LogP contribution in [0.25, 0.3) is 0 Å². The molecule has 0 nitrogen and oxygen atoms in total. The standard InChI is InChI=1S/C41H64/c1-9-11-15-32(7)28-41(31(5)6)35(10-2)29-34-19-21-36(22-20-34)37-23-25-39(26-24-37)40(27-18-33(8)30(3)4)38-16-13-12-14-17-38/h12-14,16-17,19,21-22,30-34,37,39-41H,2,9,11,15,18,20,23-29H2,1,3-8H3. The zero-order valence-corrected chi connectivity index (χ0v) is 28.0. The Morgan fingerprint density at radius 1 is 0.902 bits per heavy atom. The predicted molar refractivity (Wildman–Crippen MR) is 182 cm³/mol. The van der Waals surface area contributed by atoms with Gasteiger partial charge in [0.2, 0.25) is 0 Å².